The number of amides is 2. The summed E-state index contributed by atoms with van der Waals surface area (Å²) < 4.78 is 2.07. The lowest BCUT2D eigenvalue weighted by Crippen LogP contribution is -2.45. The third-order valence-electron chi connectivity index (χ3n) is 6.74. The van der Waals surface area contributed by atoms with Gasteiger partial charge in [0.25, 0.3) is 0 Å². The van der Waals surface area contributed by atoms with E-state index in [4.69, 9.17) is 5.10 Å². The molecule has 4 heterocycles. The van der Waals surface area contributed by atoms with Crippen molar-refractivity contribution in [3.8, 4) is 17.3 Å². The second kappa shape index (κ2) is 6.56. The number of rotatable bonds is 4. The molecule has 5 rings (SSSR count). The van der Waals surface area contributed by atoms with Crippen molar-refractivity contribution in [2.45, 2.75) is 43.2 Å². The Morgan fingerprint density at radius 2 is 2.03 bits per heavy atom. The highest BCUT2D eigenvalue weighted by Crippen LogP contribution is 2.44. The van der Waals surface area contributed by atoms with Crippen molar-refractivity contribution in [1.29, 1.82) is 5.26 Å². The zero-order chi connectivity index (χ0) is 20.9. The summed E-state index contributed by atoms with van der Waals surface area (Å²) in [6.45, 7) is 9.87. The average Bonchev–Trinajstić information content (AvgIpc) is 3.10. The Kier molecular flexibility index (Phi) is 4.07. The Hall–Kier alpha value is -3.40. The zero-order valence-electron chi connectivity index (χ0n) is 16.9. The first kappa shape index (κ1) is 18.6. The second-order valence-corrected chi connectivity index (χ2v) is 8.57. The molecule has 3 aliphatic rings. The summed E-state index contributed by atoms with van der Waals surface area (Å²) in [5.74, 6) is 0. The number of hydrogen-bond donors (Lipinski definition) is 1. The molecule has 1 N–H and O–H groups in total. The summed E-state index contributed by atoms with van der Waals surface area (Å²) in [5, 5.41) is 17.0. The second-order valence-electron chi connectivity index (χ2n) is 8.57. The molecule has 0 radical (unpaired) electrons. The SMILES string of the molecule is C=Cc1cc(-c2cc3n(n2)CCC32CCN(C(=O)NC3(C#N)CC3)C2)cnc1C=C.[HH]. The molecular weight excluding hydrogens is 376 g/mol. The summed E-state index contributed by atoms with van der Waals surface area (Å²) in [6.07, 6.45) is 8.70. The summed E-state index contributed by atoms with van der Waals surface area (Å²) in [4.78, 5) is 19.0. The predicted octanol–water partition coefficient (Wildman–Crippen LogP) is 3.59. The Labute approximate surface area is 177 Å². The van der Waals surface area contributed by atoms with Gasteiger partial charge in [-0.15, -0.1) is 0 Å². The Bertz CT molecular complexity index is 1110. The van der Waals surface area contributed by atoms with Crippen LogP contribution in [-0.4, -0.2) is 44.3 Å². The lowest BCUT2D eigenvalue weighted by Gasteiger charge is -2.24. The van der Waals surface area contributed by atoms with Gasteiger partial charge in [-0.1, -0.05) is 19.2 Å². The normalized spacial score (nSPS) is 23.1. The number of aromatic nitrogens is 3. The van der Waals surface area contributed by atoms with Crippen molar-refractivity contribution in [2.75, 3.05) is 13.1 Å². The molecule has 0 aromatic carbocycles. The number of nitrogens with one attached hydrogen (secondary N) is 1. The molecule has 2 fully saturated rings. The van der Waals surface area contributed by atoms with Crippen LogP contribution in [-0.2, 0) is 12.0 Å². The van der Waals surface area contributed by atoms with Crippen LogP contribution in [0.1, 0.15) is 44.1 Å². The van der Waals surface area contributed by atoms with Crippen LogP contribution in [0.2, 0.25) is 0 Å². The molecule has 1 unspecified atom stereocenters. The van der Waals surface area contributed by atoms with Crippen LogP contribution in [0.25, 0.3) is 23.4 Å². The number of pyridine rings is 1. The van der Waals surface area contributed by atoms with Crippen molar-refractivity contribution in [3.63, 3.8) is 0 Å². The standard InChI is InChI=1S/C23H24N6O.H2/c1-3-16-11-17(13-25-18(16)4-2)19-12-20-22(8-10-29(20)27-19)7-9-28(15-22)21(30)26-23(14-24)5-6-23;/h3-4,11-13H,1-2,5-10,15H2,(H,26,30);1H. The van der Waals surface area contributed by atoms with Gasteiger partial charge in [0.2, 0.25) is 0 Å². The van der Waals surface area contributed by atoms with Gasteiger partial charge in [-0.2, -0.15) is 10.4 Å². The first-order valence-corrected chi connectivity index (χ1v) is 10.3. The van der Waals surface area contributed by atoms with Gasteiger partial charge < -0.3 is 10.2 Å². The fourth-order valence-electron chi connectivity index (χ4n) is 4.70. The monoisotopic (exact) mass is 402 g/mol. The quantitative estimate of drug-likeness (QED) is 0.847. The Morgan fingerprint density at radius 1 is 1.23 bits per heavy atom. The van der Waals surface area contributed by atoms with Crippen molar-refractivity contribution < 1.29 is 6.22 Å². The molecule has 7 heteroatoms. The third-order valence-corrected chi connectivity index (χ3v) is 6.74. The maximum absolute atomic E-state index is 12.7. The fraction of sp³-hybridized carbons (Fsp3) is 0.391. The number of nitriles is 1. The summed E-state index contributed by atoms with van der Waals surface area (Å²) in [5.41, 5.74) is 4.06. The van der Waals surface area contributed by atoms with E-state index in [1.807, 2.05) is 17.2 Å². The minimum atomic E-state index is -0.634. The van der Waals surface area contributed by atoms with Gasteiger partial charge in [0.15, 0.2) is 0 Å². The van der Waals surface area contributed by atoms with Crippen LogP contribution in [0.4, 0.5) is 4.79 Å². The van der Waals surface area contributed by atoms with Crippen molar-refractivity contribution >= 4 is 18.2 Å². The largest absolute Gasteiger partial charge is 0.324 e. The average molecular weight is 403 g/mol. The molecule has 0 bridgehead atoms. The molecule has 2 aliphatic heterocycles. The Balaban J connectivity index is 0.00000231. The number of fused-ring (bicyclic) bond motifs is 2. The van der Waals surface area contributed by atoms with E-state index < -0.39 is 5.54 Å². The highest BCUT2D eigenvalue weighted by molar-refractivity contribution is 5.77. The van der Waals surface area contributed by atoms with Crippen molar-refractivity contribution in [3.05, 3.63) is 48.4 Å². The number of urea groups is 1. The Morgan fingerprint density at radius 3 is 2.73 bits per heavy atom. The fourth-order valence-corrected chi connectivity index (χ4v) is 4.70. The first-order valence-electron chi connectivity index (χ1n) is 10.3. The summed E-state index contributed by atoms with van der Waals surface area (Å²) in [6, 6.07) is 6.29. The van der Waals surface area contributed by atoms with Gasteiger partial charge in [-0.3, -0.25) is 9.67 Å². The van der Waals surface area contributed by atoms with Crippen LogP contribution < -0.4 is 5.32 Å². The van der Waals surface area contributed by atoms with E-state index in [0.717, 1.165) is 54.7 Å². The third kappa shape index (κ3) is 2.83. The summed E-state index contributed by atoms with van der Waals surface area (Å²) >= 11 is 0. The smallest absolute Gasteiger partial charge is 0.318 e. The van der Waals surface area contributed by atoms with E-state index in [1.165, 1.54) is 5.69 Å². The molecule has 1 atom stereocenters. The van der Waals surface area contributed by atoms with Crippen LogP contribution >= 0.6 is 0 Å². The first-order chi connectivity index (χ1) is 14.5. The van der Waals surface area contributed by atoms with Crippen molar-refractivity contribution in [1.82, 2.24) is 25.0 Å². The lowest BCUT2D eigenvalue weighted by molar-refractivity contribution is 0.202. The number of hydrogen-bond acceptors (Lipinski definition) is 4. The minimum absolute atomic E-state index is 0. The van der Waals surface area contributed by atoms with E-state index in [2.05, 4.69) is 40.3 Å². The molecule has 1 spiro atoms. The minimum Gasteiger partial charge on any atom is -0.324 e. The van der Waals surface area contributed by atoms with E-state index in [9.17, 15) is 10.1 Å². The molecule has 154 valence electrons. The molecule has 30 heavy (non-hydrogen) atoms. The van der Waals surface area contributed by atoms with Crippen LogP contribution in [0.3, 0.4) is 0 Å². The van der Waals surface area contributed by atoms with Gasteiger partial charge in [0, 0.05) is 49.5 Å². The number of carbonyl (C=O) groups is 1. The van der Waals surface area contributed by atoms with Gasteiger partial charge in [0.05, 0.1) is 17.5 Å². The summed E-state index contributed by atoms with van der Waals surface area (Å²) in [7, 11) is 0. The molecule has 1 aliphatic carbocycles. The highest BCUT2D eigenvalue weighted by atomic mass is 16.2. The van der Waals surface area contributed by atoms with Gasteiger partial charge in [-0.25, -0.2) is 4.79 Å². The molecule has 2 aromatic rings. The van der Waals surface area contributed by atoms with E-state index in [1.54, 1.807) is 12.2 Å². The maximum atomic E-state index is 12.7. The predicted molar refractivity (Wildman–Crippen MR) is 116 cm³/mol. The van der Waals surface area contributed by atoms with E-state index in [-0.39, 0.29) is 12.9 Å². The van der Waals surface area contributed by atoms with E-state index >= 15 is 0 Å². The van der Waals surface area contributed by atoms with Gasteiger partial charge in [0.1, 0.15) is 5.54 Å². The van der Waals surface area contributed by atoms with Crippen LogP contribution in [0.15, 0.2) is 31.5 Å². The maximum Gasteiger partial charge on any atom is 0.318 e. The molecular formula is C23H26N6O. The van der Waals surface area contributed by atoms with Crippen LogP contribution in [0, 0.1) is 11.3 Å². The van der Waals surface area contributed by atoms with Gasteiger partial charge in [-0.05, 0) is 43.9 Å². The van der Waals surface area contributed by atoms with E-state index in [0.29, 0.717) is 13.1 Å². The number of carbonyl (C=O) groups excluding carboxylic acids is 1. The van der Waals surface area contributed by atoms with Crippen molar-refractivity contribution in [2.24, 2.45) is 0 Å². The lowest BCUT2D eigenvalue weighted by atomic mass is 9.82. The molecule has 2 aromatic heterocycles. The zero-order valence-corrected chi connectivity index (χ0v) is 16.9. The molecule has 2 amide bonds. The highest BCUT2D eigenvalue weighted by Gasteiger charge is 2.50. The number of aryl methyl sites for hydroxylation is 1. The van der Waals surface area contributed by atoms with Gasteiger partial charge >= 0.3 is 6.03 Å². The van der Waals surface area contributed by atoms with Crippen LogP contribution in [0.5, 0.6) is 0 Å². The number of likely N-dealkylation sites (tertiary alicyclic amines) is 1. The number of nitrogens with zero attached hydrogens (tertiary/aromatic N) is 5. The molecule has 1 saturated carbocycles. The molecule has 1 saturated heterocycles. The molecule has 7 nitrogen and oxygen atoms in total. The topological polar surface area (TPSA) is 86.8 Å².